The Morgan fingerprint density at radius 1 is 1.27 bits per heavy atom. The van der Waals surface area contributed by atoms with Gasteiger partial charge in [0.2, 0.25) is 0 Å². The first-order valence-corrected chi connectivity index (χ1v) is 4.40. The lowest BCUT2D eigenvalue weighted by Crippen LogP contribution is -2.29. The number of rotatable bonds is 7. The lowest BCUT2D eigenvalue weighted by molar-refractivity contribution is -0.0154. The Morgan fingerprint density at radius 3 is 2.55 bits per heavy atom. The minimum atomic E-state index is 0.316. The van der Waals surface area contributed by atoms with E-state index in [-0.39, 0.29) is 0 Å². The van der Waals surface area contributed by atoms with Crippen LogP contribution in [0.2, 0.25) is 0 Å². The van der Waals surface area contributed by atoms with Crippen molar-refractivity contribution in [2.45, 2.75) is 33.3 Å². The van der Waals surface area contributed by atoms with Crippen molar-refractivity contribution in [3.63, 3.8) is 0 Å². The fourth-order valence-electron chi connectivity index (χ4n) is 0.601. The third-order valence-electron chi connectivity index (χ3n) is 1.51. The molecule has 2 N–H and O–H groups in total. The van der Waals surface area contributed by atoms with Gasteiger partial charge < -0.3 is 5.32 Å². The Kier molecular flexibility index (Phi) is 7.89. The molecule has 0 aliphatic rings. The second kappa shape index (κ2) is 7.98. The van der Waals surface area contributed by atoms with E-state index >= 15 is 0 Å². The average molecular weight is 160 g/mol. The molecule has 0 aliphatic carbocycles. The molecule has 0 aromatic carbocycles. The maximum absolute atomic E-state index is 5.25. The second-order valence-corrected chi connectivity index (χ2v) is 2.58. The number of likely N-dealkylation sites (N-methyl/N-ethyl adjacent to an activating group) is 1. The minimum absolute atomic E-state index is 0.316. The molecule has 1 atom stereocenters. The molecule has 11 heavy (non-hydrogen) atoms. The van der Waals surface area contributed by atoms with E-state index in [0.717, 1.165) is 26.1 Å². The Labute approximate surface area is 69.5 Å². The van der Waals surface area contributed by atoms with E-state index in [0.29, 0.717) is 6.10 Å². The zero-order valence-corrected chi connectivity index (χ0v) is 7.81. The highest BCUT2D eigenvalue weighted by Crippen LogP contribution is 1.90. The van der Waals surface area contributed by atoms with Gasteiger partial charge in [0.1, 0.15) is 0 Å². The van der Waals surface area contributed by atoms with E-state index in [9.17, 15) is 0 Å². The quantitative estimate of drug-likeness (QED) is 0.429. The standard InChI is InChI=1S/C8H20N2O/c1-4-8(3)11-10-7-6-9-5-2/h8-10H,4-7H2,1-3H3. The fraction of sp³-hybridized carbons (Fsp3) is 1.00. The molecule has 0 saturated heterocycles. The molecule has 3 nitrogen and oxygen atoms in total. The molecule has 0 heterocycles. The van der Waals surface area contributed by atoms with Gasteiger partial charge in [-0.25, -0.2) is 5.48 Å². The van der Waals surface area contributed by atoms with Crippen LogP contribution < -0.4 is 10.8 Å². The summed E-state index contributed by atoms with van der Waals surface area (Å²) in [5.41, 5.74) is 2.91. The van der Waals surface area contributed by atoms with Crippen molar-refractivity contribution in [3.05, 3.63) is 0 Å². The Bertz CT molecular complexity index is 78.5. The summed E-state index contributed by atoms with van der Waals surface area (Å²) in [4.78, 5) is 5.25. The molecule has 0 spiro atoms. The van der Waals surface area contributed by atoms with Crippen LogP contribution in [0.25, 0.3) is 0 Å². The molecule has 0 radical (unpaired) electrons. The van der Waals surface area contributed by atoms with E-state index in [2.05, 4.69) is 31.6 Å². The van der Waals surface area contributed by atoms with Crippen LogP contribution in [-0.2, 0) is 4.84 Å². The van der Waals surface area contributed by atoms with Gasteiger partial charge in [-0.1, -0.05) is 13.8 Å². The SMILES string of the molecule is CCNCCNOC(C)CC. The lowest BCUT2D eigenvalue weighted by Gasteiger charge is -2.10. The molecule has 0 aromatic rings. The largest absolute Gasteiger partial charge is 0.316 e. The summed E-state index contributed by atoms with van der Waals surface area (Å²) in [6.07, 6.45) is 1.37. The zero-order valence-electron chi connectivity index (χ0n) is 7.81. The molecule has 0 aromatic heterocycles. The van der Waals surface area contributed by atoms with Crippen LogP contribution in [0.4, 0.5) is 0 Å². The van der Waals surface area contributed by atoms with Gasteiger partial charge in [0.15, 0.2) is 0 Å². The number of hydrogen-bond acceptors (Lipinski definition) is 3. The van der Waals surface area contributed by atoms with Crippen LogP contribution in [-0.4, -0.2) is 25.7 Å². The van der Waals surface area contributed by atoms with Gasteiger partial charge in [0.05, 0.1) is 6.10 Å². The zero-order chi connectivity index (χ0) is 8.53. The number of nitrogens with one attached hydrogen (secondary N) is 2. The van der Waals surface area contributed by atoms with Crippen molar-refractivity contribution in [2.24, 2.45) is 0 Å². The molecule has 0 fully saturated rings. The van der Waals surface area contributed by atoms with Crippen molar-refractivity contribution in [1.82, 2.24) is 10.8 Å². The molecule has 68 valence electrons. The van der Waals surface area contributed by atoms with E-state index in [1.807, 2.05) is 0 Å². The highest BCUT2D eigenvalue weighted by Gasteiger charge is 1.95. The molecule has 0 aliphatic heterocycles. The first kappa shape index (κ1) is 10.9. The molecule has 0 saturated carbocycles. The van der Waals surface area contributed by atoms with Crippen molar-refractivity contribution >= 4 is 0 Å². The molecule has 0 bridgehead atoms. The second-order valence-electron chi connectivity index (χ2n) is 2.58. The molecule has 3 heteroatoms. The maximum Gasteiger partial charge on any atom is 0.0759 e. The Balaban J connectivity index is 2.89. The van der Waals surface area contributed by atoms with Crippen molar-refractivity contribution in [2.75, 3.05) is 19.6 Å². The highest BCUT2D eigenvalue weighted by atomic mass is 16.7. The third kappa shape index (κ3) is 7.78. The smallest absolute Gasteiger partial charge is 0.0759 e. The van der Waals surface area contributed by atoms with E-state index < -0.39 is 0 Å². The van der Waals surface area contributed by atoms with Gasteiger partial charge in [-0.2, -0.15) is 0 Å². The van der Waals surface area contributed by atoms with Crippen molar-refractivity contribution in [1.29, 1.82) is 0 Å². The predicted octanol–water partition coefficient (Wildman–Crippen LogP) is 0.916. The average Bonchev–Trinajstić information content (AvgIpc) is 2.04. The van der Waals surface area contributed by atoms with E-state index in [1.54, 1.807) is 0 Å². The summed E-state index contributed by atoms with van der Waals surface area (Å²) in [6, 6.07) is 0. The van der Waals surface area contributed by atoms with Crippen LogP contribution in [0, 0.1) is 0 Å². The Morgan fingerprint density at radius 2 is 2.00 bits per heavy atom. The van der Waals surface area contributed by atoms with Crippen LogP contribution in [0.15, 0.2) is 0 Å². The van der Waals surface area contributed by atoms with Crippen LogP contribution in [0.1, 0.15) is 27.2 Å². The normalized spacial score (nSPS) is 13.4. The molecular weight excluding hydrogens is 140 g/mol. The number of hydrogen-bond donors (Lipinski definition) is 2. The van der Waals surface area contributed by atoms with Gasteiger partial charge >= 0.3 is 0 Å². The summed E-state index contributed by atoms with van der Waals surface area (Å²) in [7, 11) is 0. The third-order valence-corrected chi connectivity index (χ3v) is 1.51. The van der Waals surface area contributed by atoms with E-state index in [1.165, 1.54) is 0 Å². The summed E-state index contributed by atoms with van der Waals surface area (Å²) in [5, 5.41) is 3.20. The molecular formula is C8H20N2O. The predicted molar refractivity (Wildman–Crippen MR) is 47.4 cm³/mol. The van der Waals surface area contributed by atoms with E-state index in [4.69, 9.17) is 4.84 Å². The fourth-order valence-corrected chi connectivity index (χ4v) is 0.601. The summed E-state index contributed by atoms with van der Waals surface area (Å²) in [6.45, 7) is 9.11. The topological polar surface area (TPSA) is 33.3 Å². The van der Waals surface area contributed by atoms with Crippen molar-refractivity contribution in [3.8, 4) is 0 Å². The van der Waals surface area contributed by atoms with Crippen molar-refractivity contribution < 1.29 is 4.84 Å². The molecule has 1 unspecified atom stereocenters. The number of hydroxylamine groups is 1. The van der Waals surface area contributed by atoms with Crippen LogP contribution >= 0.6 is 0 Å². The van der Waals surface area contributed by atoms with Gasteiger partial charge in [-0.05, 0) is 19.9 Å². The maximum atomic E-state index is 5.25. The highest BCUT2D eigenvalue weighted by molar-refractivity contribution is 4.45. The van der Waals surface area contributed by atoms with Crippen LogP contribution in [0.5, 0.6) is 0 Å². The van der Waals surface area contributed by atoms with Gasteiger partial charge in [-0.15, -0.1) is 0 Å². The molecule has 0 rings (SSSR count). The minimum Gasteiger partial charge on any atom is -0.316 e. The summed E-state index contributed by atoms with van der Waals surface area (Å²) in [5.74, 6) is 0. The van der Waals surface area contributed by atoms with Crippen LogP contribution in [0.3, 0.4) is 0 Å². The Hall–Kier alpha value is -0.120. The first-order chi connectivity index (χ1) is 5.31. The lowest BCUT2D eigenvalue weighted by atomic mass is 10.3. The monoisotopic (exact) mass is 160 g/mol. The van der Waals surface area contributed by atoms with Gasteiger partial charge in [-0.3, -0.25) is 4.84 Å². The summed E-state index contributed by atoms with van der Waals surface area (Å²) < 4.78 is 0. The summed E-state index contributed by atoms with van der Waals surface area (Å²) >= 11 is 0. The van der Waals surface area contributed by atoms with Gasteiger partial charge in [0, 0.05) is 13.1 Å². The molecule has 0 amide bonds. The first-order valence-electron chi connectivity index (χ1n) is 4.40. The van der Waals surface area contributed by atoms with Gasteiger partial charge in [0.25, 0.3) is 0 Å².